The van der Waals surface area contributed by atoms with Crippen LogP contribution in [0.4, 0.5) is 0 Å². The number of carbonyl (C=O) groups is 2. The van der Waals surface area contributed by atoms with Crippen molar-refractivity contribution >= 4 is 81.2 Å². The van der Waals surface area contributed by atoms with Crippen molar-refractivity contribution in [2.75, 3.05) is 26.8 Å². The lowest BCUT2D eigenvalue weighted by Gasteiger charge is -2.27. The van der Waals surface area contributed by atoms with Crippen molar-refractivity contribution in [3.63, 3.8) is 0 Å². The van der Waals surface area contributed by atoms with Gasteiger partial charge in [0.15, 0.2) is 11.8 Å². The Hall–Kier alpha value is -1.65. The summed E-state index contributed by atoms with van der Waals surface area (Å²) >= 11 is 13.8. The second-order valence-corrected chi connectivity index (χ2v) is 17.9. The van der Waals surface area contributed by atoms with Gasteiger partial charge in [0.2, 0.25) is 5.91 Å². The molecule has 0 radical (unpaired) electrons. The Morgan fingerprint density at radius 3 is 2.15 bits per heavy atom. The molecule has 0 saturated carbocycles. The van der Waals surface area contributed by atoms with Crippen LogP contribution in [0, 0.1) is 5.92 Å². The second kappa shape index (κ2) is 25.7. The minimum Gasteiger partial charge on any atom is -0.495 e. The molecule has 1 aromatic carbocycles. The summed E-state index contributed by atoms with van der Waals surface area (Å²) in [6.45, 7) is 5.26. The zero-order chi connectivity index (χ0) is 40.2. The summed E-state index contributed by atoms with van der Waals surface area (Å²) in [4.78, 5) is 30.7. The van der Waals surface area contributed by atoms with Gasteiger partial charge in [-0.05, 0) is 84.2 Å². The van der Waals surface area contributed by atoms with E-state index in [4.69, 9.17) is 19.0 Å². The highest BCUT2D eigenvalue weighted by Gasteiger charge is 2.54. The van der Waals surface area contributed by atoms with Crippen molar-refractivity contribution in [2.24, 2.45) is 11.1 Å². The standard InChI is InChI=1S/C40H59Br4N3O8/c1-4-27(2)18-15-13-11-9-7-5-6-8-10-12-14-16-19-34(49)46-25-33(48)28-22-29(41)37(30(42)23-28)53-21-17-20-45-39(51)35-38(50)40(55-47-35)24-31(43)36(52-3)32(44)26-54-40/h22-23,26-27,33,38,48,50H,4-21,24-25H2,1-3H3,(H,45,51)(H,46,49). The number of halogens is 4. The van der Waals surface area contributed by atoms with Crippen molar-refractivity contribution < 1.29 is 38.9 Å². The van der Waals surface area contributed by atoms with Crippen molar-refractivity contribution in [3.05, 3.63) is 47.6 Å². The minimum atomic E-state index is -1.62. The van der Waals surface area contributed by atoms with Crippen LogP contribution < -0.4 is 15.4 Å². The molecule has 0 saturated heterocycles. The summed E-state index contributed by atoms with van der Waals surface area (Å²) < 4.78 is 19.3. The van der Waals surface area contributed by atoms with Crippen LogP contribution in [0.1, 0.15) is 135 Å². The molecule has 2 amide bonds. The first-order chi connectivity index (χ1) is 26.4. The maximum absolute atomic E-state index is 12.8. The number of oxime groups is 1. The molecule has 2 heterocycles. The first kappa shape index (κ1) is 47.7. The highest BCUT2D eigenvalue weighted by Crippen LogP contribution is 2.41. The monoisotopic (exact) mass is 1030 g/mol. The number of unbranched alkanes of at least 4 members (excludes halogenated alkanes) is 11. The van der Waals surface area contributed by atoms with Gasteiger partial charge in [0.05, 0.1) is 39.7 Å². The van der Waals surface area contributed by atoms with Gasteiger partial charge < -0.3 is 39.9 Å². The summed E-state index contributed by atoms with van der Waals surface area (Å²) in [5.74, 6) is -0.383. The van der Waals surface area contributed by atoms with Gasteiger partial charge in [-0.15, -0.1) is 0 Å². The molecule has 11 nitrogen and oxygen atoms in total. The molecule has 4 atom stereocenters. The first-order valence-corrected chi connectivity index (χ1v) is 22.8. The summed E-state index contributed by atoms with van der Waals surface area (Å²) in [5.41, 5.74) is 0.417. The molecule has 55 heavy (non-hydrogen) atoms. The zero-order valence-corrected chi connectivity index (χ0v) is 38.8. The number of rotatable bonds is 26. The average Bonchev–Trinajstić information content (AvgIpc) is 3.41. The summed E-state index contributed by atoms with van der Waals surface area (Å²) in [6, 6.07) is 3.52. The summed E-state index contributed by atoms with van der Waals surface area (Å²) in [7, 11) is 1.50. The Labute approximate surface area is 360 Å². The molecule has 4 unspecified atom stereocenters. The lowest BCUT2D eigenvalue weighted by Crippen LogP contribution is -2.49. The number of amides is 2. The number of nitrogens with zero attached hydrogens (tertiary/aromatic N) is 1. The Kier molecular flexibility index (Phi) is 22.3. The highest BCUT2D eigenvalue weighted by atomic mass is 79.9. The average molecular weight is 1030 g/mol. The van der Waals surface area contributed by atoms with Crippen LogP contribution in [-0.2, 0) is 23.9 Å². The Balaban J connectivity index is 1.26. The van der Waals surface area contributed by atoms with Crippen LogP contribution in [0.3, 0.4) is 0 Å². The van der Waals surface area contributed by atoms with E-state index in [2.05, 4.69) is 93.4 Å². The van der Waals surface area contributed by atoms with Crippen LogP contribution in [0.25, 0.3) is 0 Å². The molecule has 0 fully saturated rings. The largest absolute Gasteiger partial charge is 0.495 e. The molecule has 15 heteroatoms. The van der Waals surface area contributed by atoms with Crippen LogP contribution in [-0.4, -0.2) is 66.4 Å². The third-order valence-corrected chi connectivity index (χ3v) is 12.3. The van der Waals surface area contributed by atoms with E-state index >= 15 is 0 Å². The van der Waals surface area contributed by atoms with E-state index in [0.717, 1.165) is 25.2 Å². The summed E-state index contributed by atoms with van der Waals surface area (Å²) in [5, 5.41) is 31.1. The fraction of sp³-hybridized carbons (Fsp3) is 0.675. The molecular weight excluding hydrogens is 970 g/mol. The molecule has 0 aromatic heterocycles. The maximum atomic E-state index is 12.8. The molecule has 2 aliphatic heterocycles. The molecule has 0 aliphatic carbocycles. The van der Waals surface area contributed by atoms with Gasteiger partial charge in [-0.2, -0.15) is 0 Å². The molecule has 310 valence electrons. The molecule has 4 N–H and O–H groups in total. The second-order valence-electron chi connectivity index (χ2n) is 14.4. The number of ether oxygens (including phenoxy) is 3. The third kappa shape index (κ3) is 15.9. The predicted octanol–water partition coefficient (Wildman–Crippen LogP) is 10.1. The van der Waals surface area contributed by atoms with Crippen molar-refractivity contribution in [1.82, 2.24) is 10.6 Å². The Morgan fingerprint density at radius 2 is 1.55 bits per heavy atom. The predicted molar refractivity (Wildman–Crippen MR) is 230 cm³/mol. The van der Waals surface area contributed by atoms with E-state index in [9.17, 15) is 19.8 Å². The van der Waals surface area contributed by atoms with E-state index < -0.39 is 23.9 Å². The number of hydrogen-bond donors (Lipinski definition) is 4. The SMILES string of the molecule is CCC(C)CCCCCCCCCCCCCCC(=O)NCC(O)c1cc(Br)c(OCCCNC(=O)C2=NOC3(CC(Br)=C(OC)C(Br)=CO3)C2O)c(Br)c1. The van der Waals surface area contributed by atoms with Gasteiger partial charge in [0.25, 0.3) is 5.91 Å². The normalized spacial score (nSPS) is 19.2. The Morgan fingerprint density at radius 1 is 0.945 bits per heavy atom. The number of benzene rings is 1. The number of aliphatic hydroxyl groups is 2. The van der Waals surface area contributed by atoms with Crippen molar-refractivity contribution in [3.8, 4) is 5.75 Å². The van der Waals surface area contributed by atoms with Gasteiger partial charge in [0.1, 0.15) is 17.8 Å². The molecule has 3 rings (SSSR count). The van der Waals surface area contributed by atoms with Crippen LogP contribution in [0.15, 0.2) is 47.2 Å². The van der Waals surface area contributed by atoms with E-state index in [0.29, 0.717) is 47.8 Å². The van der Waals surface area contributed by atoms with Crippen LogP contribution in [0.2, 0.25) is 0 Å². The quantitative estimate of drug-likeness (QED) is 0.0671. The van der Waals surface area contributed by atoms with Gasteiger partial charge in [0, 0.05) is 24.0 Å². The molecule has 2 aliphatic rings. The lowest BCUT2D eigenvalue weighted by molar-refractivity contribution is -0.225. The van der Waals surface area contributed by atoms with Gasteiger partial charge in [-0.3, -0.25) is 9.59 Å². The molecule has 1 aromatic rings. The van der Waals surface area contributed by atoms with E-state index in [-0.39, 0.29) is 37.7 Å². The van der Waals surface area contributed by atoms with Crippen LogP contribution >= 0.6 is 63.7 Å². The fourth-order valence-corrected chi connectivity index (χ4v) is 9.29. The van der Waals surface area contributed by atoms with E-state index in [1.807, 2.05) is 0 Å². The number of nitrogens with one attached hydrogen (secondary N) is 2. The zero-order valence-electron chi connectivity index (χ0n) is 32.4. The minimum absolute atomic E-state index is 0.0462. The number of allylic oxidation sites excluding steroid dienone is 1. The van der Waals surface area contributed by atoms with Crippen molar-refractivity contribution in [2.45, 2.75) is 141 Å². The maximum Gasteiger partial charge on any atom is 0.311 e. The number of aliphatic hydroxyl groups excluding tert-OH is 2. The lowest BCUT2D eigenvalue weighted by atomic mass is 9.99. The van der Waals surface area contributed by atoms with Gasteiger partial charge in [-0.1, -0.05) is 118 Å². The smallest absolute Gasteiger partial charge is 0.311 e. The Bertz CT molecular complexity index is 1450. The molecule has 0 bridgehead atoms. The number of hydrogen-bond acceptors (Lipinski definition) is 9. The molecular formula is C40H59Br4N3O8. The highest BCUT2D eigenvalue weighted by molar-refractivity contribution is 9.12. The first-order valence-electron chi connectivity index (χ1n) is 19.7. The molecule has 1 spiro atoms. The van der Waals surface area contributed by atoms with Gasteiger partial charge in [-0.25, -0.2) is 0 Å². The summed E-state index contributed by atoms with van der Waals surface area (Å²) in [6.07, 6.45) is 17.7. The number of carbonyl (C=O) groups excluding carboxylic acids is 2. The fourth-order valence-electron chi connectivity index (χ4n) is 6.31. The van der Waals surface area contributed by atoms with Crippen molar-refractivity contribution in [1.29, 1.82) is 0 Å². The van der Waals surface area contributed by atoms with E-state index in [1.165, 1.54) is 84.0 Å². The third-order valence-electron chi connectivity index (χ3n) is 9.94. The van der Waals surface area contributed by atoms with Crippen LogP contribution in [0.5, 0.6) is 5.75 Å². The van der Waals surface area contributed by atoms with E-state index in [1.54, 1.807) is 12.1 Å². The number of methoxy groups -OCH3 is 1. The van der Waals surface area contributed by atoms with Gasteiger partial charge >= 0.3 is 5.79 Å². The topological polar surface area (TPSA) is 148 Å².